The molecule has 2 rings (SSSR count). The molecule has 1 N–H and O–H groups in total. The fraction of sp³-hybridized carbons (Fsp3) is 0.417. The summed E-state index contributed by atoms with van der Waals surface area (Å²) in [4.78, 5) is 10.8. The van der Waals surface area contributed by atoms with Crippen LogP contribution in [0.25, 0.3) is 0 Å². The Labute approximate surface area is 121 Å². The average molecular weight is 317 g/mol. The summed E-state index contributed by atoms with van der Waals surface area (Å²) < 4.78 is 31.2. The van der Waals surface area contributed by atoms with Gasteiger partial charge < -0.3 is 9.84 Å². The Hall–Kier alpha value is -1.22. The number of carboxylic acid groups (broad SMARTS) is 1. The minimum absolute atomic E-state index is 0.126. The van der Waals surface area contributed by atoms with Gasteiger partial charge >= 0.3 is 5.97 Å². The lowest BCUT2D eigenvalue weighted by atomic mass is 10.1. The number of methoxy groups -OCH3 is 1. The lowest BCUT2D eigenvalue weighted by Crippen LogP contribution is -2.35. The third-order valence-electron chi connectivity index (χ3n) is 3.04. The molecular formula is C12H15NO5S2. The summed E-state index contributed by atoms with van der Waals surface area (Å²) >= 11 is 0.916. The number of nitrogens with zero attached hydrogens (tertiary/aromatic N) is 1. The van der Waals surface area contributed by atoms with Gasteiger partial charge in [-0.25, -0.2) is 13.2 Å². The van der Waals surface area contributed by atoms with Crippen LogP contribution in [0.5, 0.6) is 0 Å². The zero-order valence-corrected chi connectivity index (χ0v) is 12.5. The highest BCUT2D eigenvalue weighted by Crippen LogP contribution is 2.27. The second kappa shape index (κ2) is 6.04. The Morgan fingerprint density at radius 3 is 2.85 bits per heavy atom. The van der Waals surface area contributed by atoms with Gasteiger partial charge in [-0.2, -0.15) is 4.31 Å². The highest BCUT2D eigenvalue weighted by Gasteiger charge is 2.30. The lowest BCUT2D eigenvalue weighted by Gasteiger charge is -2.25. The third kappa shape index (κ3) is 2.93. The SMILES string of the molecule is COCC1=CCN(S(=O)(=O)c2ccsc2C(=O)O)CC1. The summed E-state index contributed by atoms with van der Waals surface area (Å²) in [5.41, 5.74) is 1.06. The number of aromatic carboxylic acids is 1. The van der Waals surface area contributed by atoms with E-state index in [-0.39, 0.29) is 16.3 Å². The van der Waals surface area contributed by atoms with Gasteiger partial charge in [0.05, 0.1) is 6.61 Å². The maximum absolute atomic E-state index is 12.4. The first-order chi connectivity index (χ1) is 9.46. The van der Waals surface area contributed by atoms with Gasteiger partial charge in [0.15, 0.2) is 0 Å². The van der Waals surface area contributed by atoms with Crippen LogP contribution in [-0.4, -0.2) is 50.6 Å². The third-order valence-corrected chi connectivity index (χ3v) is 5.98. The van der Waals surface area contributed by atoms with Gasteiger partial charge in [-0.15, -0.1) is 11.3 Å². The predicted octanol–water partition coefficient (Wildman–Crippen LogP) is 1.41. The zero-order valence-electron chi connectivity index (χ0n) is 10.9. The number of rotatable bonds is 5. The number of sulfonamides is 1. The fourth-order valence-electron chi connectivity index (χ4n) is 2.02. The molecule has 2 heterocycles. The average Bonchev–Trinajstić information content (AvgIpc) is 2.90. The van der Waals surface area contributed by atoms with Crippen LogP contribution in [0.1, 0.15) is 16.1 Å². The molecule has 0 saturated carbocycles. The molecule has 0 unspecified atom stereocenters. The van der Waals surface area contributed by atoms with E-state index in [1.807, 2.05) is 6.08 Å². The fourth-order valence-corrected chi connectivity index (χ4v) is 4.64. The largest absolute Gasteiger partial charge is 0.477 e. The van der Waals surface area contributed by atoms with E-state index in [0.29, 0.717) is 19.6 Å². The molecule has 0 aromatic carbocycles. The van der Waals surface area contributed by atoms with Crippen LogP contribution >= 0.6 is 11.3 Å². The first-order valence-corrected chi connectivity index (χ1v) is 8.26. The molecule has 0 saturated heterocycles. The van der Waals surface area contributed by atoms with Crippen molar-refractivity contribution in [1.82, 2.24) is 4.31 Å². The van der Waals surface area contributed by atoms with Gasteiger partial charge in [0.1, 0.15) is 9.77 Å². The summed E-state index contributed by atoms with van der Waals surface area (Å²) in [6.45, 7) is 1.08. The molecule has 0 fully saturated rings. The summed E-state index contributed by atoms with van der Waals surface area (Å²) in [6.07, 6.45) is 2.41. The number of carboxylic acids is 1. The Morgan fingerprint density at radius 1 is 1.55 bits per heavy atom. The van der Waals surface area contributed by atoms with Gasteiger partial charge in [-0.3, -0.25) is 0 Å². The second-order valence-electron chi connectivity index (χ2n) is 4.33. The van der Waals surface area contributed by atoms with Crippen LogP contribution in [0.4, 0.5) is 0 Å². The summed E-state index contributed by atoms with van der Waals surface area (Å²) in [7, 11) is -2.16. The number of hydrogen-bond acceptors (Lipinski definition) is 5. The monoisotopic (exact) mass is 317 g/mol. The molecule has 1 aromatic rings. The molecule has 0 radical (unpaired) electrons. The molecule has 8 heteroatoms. The highest BCUT2D eigenvalue weighted by atomic mass is 32.2. The maximum atomic E-state index is 12.4. The van der Waals surface area contributed by atoms with Crippen molar-refractivity contribution in [3.63, 3.8) is 0 Å². The Bertz CT molecular complexity index is 632. The lowest BCUT2D eigenvalue weighted by molar-refractivity contribution is 0.0698. The summed E-state index contributed by atoms with van der Waals surface area (Å²) in [5.74, 6) is -1.22. The molecule has 1 aliphatic heterocycles. The Morgan fingerprint density at radius 2 is 2.30 bits per heavy atom. The van der Waals surface area contributed by atoms with Crippen molar-refractivity contribution in [2.45, 2.75) is 11.3 Å². The molecular weight excluding hydrogens is 302 g/mol. The number of carbonyl (C=O) groups is 1. The molecule has 0 atom stereocenters. The minimum atomic E-state index is -3.76. The number of hydrogen-bond donors (Lipinski definition) is 1. The van der Waals surface area contributed by atoms with E-state index in [1.165, 1.54) is 15.8 Å². The highest BCUT2D eigenvalue weighted by molar-refractivity contribution is 7.89. The quantitative estimate of drug-likeness (QED) is 0.830. The van der Waals surface area contributed by atoms with E-state index < -0.39 is 16.0 Å². The normalized spacial score (nSPS) is 16.9. The second-order valence-corrected chi connectivity index (χ2v) is 7.15. The van der Waals surface area contributed by atoms with Crippen LogP contribution < -0.4 is 0 Å². The molecule has 1 aromatic heterocycles. The van der Waals surface area contributed by atoms with Crippen LogP contribution in [0.3, 0.4) is 0 Å². The molecule has 0 spiro atoms. The number of thiophene rings is 1. The topological polar surface area (TPSA) is 83.9 Å². The van der Waals surface area contributed by atoms with Gasteiger partial charge in [-0.1, -0.05) is 6.08 Å². The van der Waals surface area contributed by atoms with Crippen LogP contribution in [0.2, 0.25) is 0 Å². The molecule has 0 bridgehead atoms. The summed E-state index contributed by atoms with van der Waals surface area (Å²) in [5, 5.41) is 10.5. The molecule has 6 nitrogen and oxygen atoms in total. The van der Waals surface area contributed by atoms with Gasteiger partial charge in [0, 0.05) is 20.2 Å². The molecule has 20 heavy (non-hydrogen) atoms. The van der Waals surface area contributed by atoms with E-state index in [4.69, 9.17) is 9.84 Å². The van der Waals surface area contributed by atoms with E-state index >= 15 is 0 Å². The molecule has 1 aliphatic rings. The van der Waals surface area contributed by atoms with Gasteiger partial charge in [0.25, 0.3) is 0 Å². The Balaban J connectivity index is 2.24. The smallest absolute Gasteiger partial charge is 0.347 e. The standard InChI is InChI=1S/C12H15NO5S2/c1-18-8-9-2-5-13(6-3-9)20(16,17)10-4-7-19-11(10)12(14)15/h2,4,7H,3,5-6,8H2,1H3,(H,14,15). The van der Waals surface area contributed by atoms with E-state index in [0.717, 1.165) is 16.9 Å². The van der Waals surface area contributed by atoms with E-state index in [9.17, 15) is 13.2 Å². The summed E-state index contributed by atoms with van der Waals surface area (Å²) in [6, 6.07) is 1.35. The van der Waals surface area contributed by atoms with Crippen LogP contribution in [0, 0.1) is 0 Å². The van der Waals surface area contributed by atoms with E-state index in [2.05, 4.69) is 0 Å². The molecule has 0 amide bonds. The zero-order chi connectivity index (χ0) is 14.8. The van der Waals surface area contributed by atoms with Gasteiger partial charge in [0.2, 0.25) is 10.0 Å². The Kier molecular flexibility index (Phi) is 4.59. The van der Waals surface area contributed by atoms with Crippen molar-refractivity contribution >= 4 is 27.3 Å². The molecule has 0 aliphatic carbocycles. The van der Waals surface area contributed by atoms with Crippen molar-refractivity contribution in [3.05, 3.63) is 28.0 Å². The first-order valence-electron chi connectivity index (χ1n) is 5.94. The predicted molar refractivity (Wildman–Crippen MR) is 74.6 cm³/mol. The van der Waals surface area contributed by atoms with Gasteiger partial charge in [-0.05, 0) is 23.4 Å². The van der Waals surface area contributed by atoms with Crippen molar-refractivity contribution < 1.29 is 23.1 Å². The number of ether oxygens (including phenoxy) is 1. The van der Waals surface area contributed by atoms with E-state index in [1.54, 1.807) is 7.11 Å². The molecule has 110 valence electrons. The minimum Gasteiger partial charge on any atom is -0.477 e. The van der Waals surface area contributed by atoms with Crippen molar-refractivity contribution in [2.75, 3.05) is 26.8 Å². The van der Waals surface area contributed by atoms with Crippen LogP contribution in [0.15, 0.2) is 28.0 Å². The maximum Gasteiger partial charge on any atom is 0.347 e. The first kappa shape index (κ1) is 15.2. The van der Waals surface area contributed by atoms with Crippen molar-refractivity contribution in [2.24, 2.45) is 0 Å². The van der Waals surface area contributed by atoms with Crippen molar-refractivity contribution in [1.29, 1.82) is 0 Å². The van der Waals surface area contributed by atoms with Crippen LogP contribution in [-0.2, 0) is 14.8 Å². The van der Waals surface area contributed by atoms with Crippen molar-refractivity contribution in [3.8, 4) is 0 Å².